The van der Waals surface area contributed by atoms with E-state index in [1.54, 1.807) is 0 Å². The maximum Gasteiger partial charge on any atom is 0.177 e. The Labute approximate surface area is 181 Å². The molecule has 0 aliphatic carbocycles. The summed E-state index contributed by atoms with van der Waals surface area (Å²) in [5, 5.41) is 14.2. The first-order chi connectivity index (χ1) is 14.0. The van der Waals surface area contributed by atoms with Crippen LogP contribution in [0.3, 0.4) is 0 Å². The van der Waals surface area contributed by atoms with Crippen molar-refractivity contribution in [3.8, 4) is 0 Å². The summed E-state index contributed by atoms with van der Waals surface area (Å²) >= 11 is 2.96. The number of nitrogens with one attached hydrogen (secondary N) is 2. The maximum absolute atomic E-state index is 8.17. The first kappa shape index (κ1) is 23.5. The molecule has 0 spiro atoms. The molecule has 1 aliphatic heterocycles. The van der Waals surface area contributed by atoms with Gasteiger partial charge in [0, 0.05) is 19.1 Å². The molecule has 1 fully saturated rings. The molecule has 2 rings (SSSR count). The van der Waals surface area contributed by atoms with Crippen LogP contribution in [0.15, 0.2) is 31.6 Å². The largest absolute Gasteiger partial charge is 0.458 e. The Morgan fingerprint density at radius 2 is 2.14 bits per heavy atom. The van der Waals surface area contributed by atoms with Gasteiger partial charge in [0.15, 0.2) is 16.1 Å². The fourth-order valence-electron chi connectivity index (χ4n) is 2.86. The molecule has 0 amide bonds. The van der Waals surface area contributed by atoms with Crippen LogP contribution in [0.2, 0.25) is 0 Å². The van der Waals surface area contributed by atoms with Gasteiger partial charge in [0.25, 0.3) is 0 Å². The summed E-state index contributed by atoms with van der Waals surface area (Å²) in [4.78, 5) is 10.9. The zero-order valence-electron chi connectivity index (χ0n) is 17.4. The van der Waals surface area contributed by atoms with Gasteiger partial charge in [-0.05, 0) is 52.3 Å². The first-order valence-electron chi connectivity index (χ1n) is 9.84. The van der Waals surface area contributed by atoms with Crippen LogP contribution in [0.4, 0.5) is 0 Å². The number of nitrogens with zero attached hydrogens (tertiary/aromatic N) is 4. The molecule has 1 saturated heterocycles. The normalized spacial score (nSPS) is 18.7. The van der Waals surface area contributed by atoms with Crippen LogP contribution in [0.25, 0.3) is 0 Å². The Balaban J connectivity index is 1.82. The molecule has 0 radical (unpaired) electrons. The molecule has 0 saturated carbocycles. The standard InChI is InChI=1S/C19H31N7OS2/c1-4-22-18(21)28-13-29-19(23-5-2)25-24-11-16(20)17-9-8-15(27-17)12-26-10-6-7-14(26)3/h8-9,11,14,20H,4-7,10,12-13H2,1-3H3,(H2,21,22)(H,23,25)/b20-16?,24-11+. The Hall–Kier alpha value is -1.78. The monoisotopic (exact) mass is 437 g/mol. The molecule has 10 heteroatoms. The molecule has 4 N–H and O–H groups in total. The summed E-state index contributed by atoms with van der Waals surface area (Å²) < 4.78 is 5.82. The number of rotatable bonds is 9. The van der Waals surface area contributed by atoms with Gasteiger partial charge in [-0.15, -0.1) is 0 Å². The molecular weight excluding hydrogens is 406 g/mol. The molecule has 8 nitrogen and oxygen atoms in total. The van der Waals surface area contributed by atoms with Gasteiger partial charge in [-0.25, -0.2) is 0 Å². The summed E-state index contributed by atoms with van der Waals surface area (Å²) in [6, 6.07) is 4.35. The van der Waals surface area contributed by atoms with Crippen LogP contribution in [0, 0.1) is 5.41 Å². The number of hydrogen-bond acceptors (Lipinski definition) is 8. The van der Waals surface area contributed by atoms with Crippen molar-refractivity contribution in [2.24, 2.45) is 20.8 Å². The van der Waals surface area contributed by atoms with Crippen molar-refractivity contribution in [2.75, 3.05) is 24.7 Å². The summed E-state index contributed by atoms with van der Waals surface area (Å²) in [5.41, 5.74) is 8.89. The molecule has 2 heterocycles. The Morgan fingerprint density at radius 3 is 2.83 bits per heavy atom. The third-order valence-electron chi connectivity index (χ3n) is 4.35. The topological polar surface area (TPSA) is 115 Å². The van der Waals surface area contributed by atoms with Crippen molar-refractivity contribution in [1.29, 1.82) is 5.41 Å². The van der Waals surface area contributed by atoms with Crippen molar-refractivity contribution in [3.05, 3.63) is 23.7 Å². The number of nitrogens with two attached hydrogens (primary N) is 1. The average Bonchev–Trinajstić information content (AvgIpc) is 3.32. The second kappa shape index (κ2) is 12.7. The molecule has 1 aliphatic rings. The minimum atomic E-state index is 0.216. The maximum atomic E-state index is 8.17. The fraction of sp³-hybridized carbons (Fsp3) is 0.579. The van der Waals surface area contributed by atoms with E-state index >= 15 is 0 Å². The number of thioether (sulfide) groups is 2. The highest BCUT2D eigenvalue weighted by Crippen LogP contribution is 2.20. The summed E-state index contributed by atoms with van der Waals surface area (Å²) in [6.45, 7) is 9.36. The molecule has 0 aromatic carbocycles. The number of likely N-dealkylation sites (tertiary alicyclic amines) is 1. The molecule has 1 unspecified atom stereocenters. The fourth-order valence-corrected chi connectivity index (χ4v) is 4.58. The minimum Gasteiger partial charge on any atom is -0.458 e. The van der Waals surface area contributed by atoms with Crippen molar-refractivity contribution in [3.63, 3.8) is 0 Å². The number of furan rings is 1. The van der Waals surface area contributed by atoms with Crippen LogP contribution in [-0.2, 0) is 6.54 Å². The number of hydrazone groups is 1. The van der Waals surface area contributed by atoms with E-state index in [2.05, 4.69) is 32.3 Å². The van der Waals surface area contributed by atoms with Crippen LogP contribution >= 0.6 is 23.5 Å². The van der Waals surface area contributed by atoms with Crippen LogP contribution < -0.4 is 11.2 Å². The van der Waals surface area contributed by atoms with Crippen molar-refractivity contribution in [1.82, 2.24) is 10.3 Å². The van der Waals surface area contributed by atoms with Gasteiger partial charge in [-0.2, -0.15) is 5.10 Å². The SMILES string of the molecule is CCN=C(N)SCSC(=NCC)N/N=C/C(=N)c1ccc(CN2CCCC2C)o1. The lowest BCUT2D eigenvalue weighted by Crippen LogP contribution is -2.25. The molecule has 0 bridgehead atoms. The molecule has 1 aromatic rings. The van der Waals surface area contributed by atoms with E-state index in [4.69, 9.17) is 15.6 Å². The van der Waals surface area contributed by atoms with Crippen LogP contribution in [-0.4, -0.2) is 57.9 Å². The van der Waals surface area contributed by atoms with Gasteiger partial charge < -0.3 is 10.2 Å². The Kier molecular flexibility index (Phi) is 10.3. The average molecular weight is 438 g/mol. The predicted molar refractivity (Wildman–Crippen MR) is 126 cm³/mol. The van der Waals surface area contributed by atoms with E-state index < -0.39 is 0 Å². The lowest BCUT2D eigenvalue weighted by atomic mass is 10.2. The van der Waals surface area contributed by atoms with Gasteiger partial charge in [0.2, 0.25) is 0 Å². The molecule has 160 valence electrons. The number of hydrogen-bond donors (Lipinski definition) is 3. The predicted octanol–water partition coefficient (Wildman–Crippen LogP) is 3.34. The van der Waals surface area contributed by atoms with E-state index in [1.165, 1.54) is 42.6 Å². The van der Waals surface area contributed by atoms with Gasteiger partial charge >= 0.3 is 0 Å². The van der Waals surface area contributed by atoms with Crippen molar-refractivity contribution < 1.29 is 4.42 Å². The quantitative estimate of drug-likeness (QED) is 0.236. The van der Waals surface area contributed by atoms with Crippen LogP contribution in [0.5, 0.6) is 0 Å². The van der Waals surface area contributed by atoms with Crippen molar-refractivity contribution >= 4 is 45.8 Å². The smallest absolute Gasteiger partial charge is 0.177 e. The van der Waals surface area contributed by atoms with Crippen molar-refractivity contribution in [2.45, 2.75) is 46.2 Å². The molecule has 29 heavy (non-hydrogen) atoms. The second-order valence-electron chi connectivity index (χ2n) is 6.51. The van der Waals surface area contributed by atoms with E-state index in [9.17, 15) is 0 Å². The third-order valence-corrected chi connectivity index (χ3v) is 6.21. The van der Waals surface area contributed by atoms with E-state index in [0.29, 0.717) is 40.3 Å². The second-order valence-corrected chi connectivity index (χ2v) is 8.84. The zero-order chi connectivity index (χ0) is 21.1. The van der Waals surface area contributed by atoms with E-state index in [-0.39, 0.29) is 5.71 Å². The van der Waals surface area contributed by atoms with Crippen LogP contribution in [0.1, 0.15) is 45.1 Å². The van der Waals surface area contributed by atoms with E-state index in [0.717, 1.165) is 18.8 Å². The highest BCUT2D eigenvalue weighted by atomic mass is 32.2. The molecule has 1 aromatic heterocycles. The summed E-state index contributed by atoms with van der Waals surface area (Å²) in [7, 11) is 0. The highest BCUT2D eigenvalue weighted by Gasteiger charge is 2.21. The van der Waals surface area contributed by atoms with Gasteiger partial charge in [0.1, 0.15) is 11.5 Å². The summed E-state index contributed by atoms with van der Waals surface area (Å²) in [6.07, 6.45) is 3.91. The number of amidine groups is 2. The Morgan fingerprint density at radius 1 is 1.34 bits per heavy atom. The van der Waals surface area contributed by atoms with Gasteiger partial charge in [-0.3, -0.25) is 25.7 Å². The third kappa shape index (κ3) is 8.23. The molecular formula is C19H31N7OS2. The summed E-state index contributed by atoms with van der Waals surface area (Å²) in [5.74, 6) is 1.39. The van der Waals surface area contributed by atoms with Gasteiger partial charge in [0.05, 0.1) is 17.8 Å². The lowest BCUT2D eigenvalue weighted by molar-refractivity contribution is 0.238. The van der Waals surface area contributed by atoms with Gasteiger partial charge in [-0.1, -0.05) is 23.5 Å². The van der Waals surface area contributed by atoms with E-state index in [1.807, 2.05) is 26.0 Å². The number of aliphatic imine (C=N–C) groups is 2. The first-order valence-corrected chi connectivity index (χ1v) is 11.8. The zero-order valence-corrected chi connectivity index (χ0v) is 19.0. The molecule has 1 atom stereocenters. The highest BCUT2D eigenvalue weighted by molar-refractivity contribution is 8.29. The minimum absolute atomic E-state index is 0.216. The lowest BCUT2D eigenvalue weighted by Gasteiger charge is -2.19. The Bertz CT molecular complexity index is 745.